The molecule has 1 atom stereocenters. The van der Waals surface area contributed by atoms with Crippen LogP contribution in [-0.2, 0) is 16.0 Å². The van der Waals surface area contributed by atoms with Gasteiger partial charge in [-0.2, -0.15) is 0 Å². The molecule has 1 heterocycles. The van der Waals surface area contributed by atoms with Crippen LogP contribution in [0.5, 0.6) is 0 Å². The molecule has 1 aliphatic rings. The average Bonchev–Trinajstić information content (AvgIpc) is 2.43. The van der Waals surface area contributed by atoms with Crippen molar-refractivity contribution in [1.82, 2.24) is 4.90 Å². The van der Waals surface area contributed by atoms with Gasteiger partial charge in [0.25, 0.3) is 0 Å². The number of carboxylic acids is 1. The number of hydrogen-bond acceptors (Lipinski definition) is 2. The van der Waals surface area contributed by atoms with Gasteiger partial charge in [0.15, 0.2) is 11.6 Å². The Labute approximate surface area is 115 Å². The zero-order valence-corrected chi connectivity index (χ0v) is 10.8. The number of piperidine rings is 1. The fraction of sp³-hybridized carbons (Fsp3) is 0.429. The lowest BCUT2D eigenvalue weighted by Gasteiger charge is -2.30. The number of likely N-dealkylation sites (tertiary alicyclic amines) is 1. The fourth-order valence-corrected chi connectivity index (χ4v) is 2.34. The first-order valence-electron chi connectivity index (χ1n) is 6.42. The Kier molecular flexibility index (Phi) is 4.32. The Morgan fingerprint density at radius 1 is 1.30 bits per heavy atom. The van der Waals surface area contributed by atoms with Gasteiger partial charge in [0, 0.05) is 13.1 Å². The predicted octanol–water partition coefficient (Wildman–Crippen LogP) is 1.83. The summed E-state index contributed by atoms with van der Waals surface area (Å²) in [7, 11) is 0. The Morgan fingerprint density at radius 2 is 2.05 bits per heavy atom. The van der Waals surface area contributed by atoms with Crippen molar-refractivity contribution < 1.29 is 23.5 Å². The summed E-state index contributed by atoms with van der Waals surface area (Å²) < 4.78 is 25.9. The second kappa shape index (κ2) is 5.98. The van der Waals surface area contributed by atoms with Gasteiger partial charge in [-0.3, -0.25) is 9.59 Å². The van der Waals surface area contributed by atoms with E-state index in [1.807, 2.05) is 0 Å². The summed E-state index contributed by atoms with van der Waals surface area (Å²) in [4.78, 5) is 24.5. The molecule has 1 fully saturated rings. The first-order valence-corrected chi connectivity index (χ1v) is 6.42. The largest absolute Gasteiger partial charge is 0.481 e. The van der Waals surface area contributed by atoms with E-state index in [0.29, 0.717) is 24.9 Å². The quantitative estimate of drug-likeness (QED) is 0.920. The molecule has 1 aliphatic heterocycles. The molecule has 1 unspecified atom stereocenters. The minimum atomic E-state index is -0.989. The number of hydrogen-bond donors (Lipinski definition) is 1. The summed E-state index contributed by atoms with van der Waals surface area (Å²) in [6.07, 6.45) is 1.15. The molecule has 1 N–H and O–H groups in total. The predicted molar refractivity (Wildman–Crippen MR) is 67.0 cm³/mol. The molecule has 0 aromatic heterocycles. The standard InChI is InChI=1S/C14H15F2NO3/c15-11-4-3-9(6-12(11)16)7-13(18)17-5-1-2-10(8-17)14(19)20/h3-4,6,10H,1-2,5,7-8H2,(H,19,20). The highest BCUT2D eigenvalue weighted by Gasteiger charge is 2.28. The van der Waals surface area contributed by atoms with E-state index < -0.39 is 23.5 Å². The van der Waals surface area contributed by atoms with E-state index in [9.17, 15) is 18.4 Å². The summed E-state index contributed by atoms with van der Waals surface area (Å²) >= 11 is 0. The zero-order valence-electron chi connectivity index (χ0n) is 10.8. The maximum Gasteiger partial charge on any atom is 0.308 e. The van der Waals surface area contributed by atoms with E-state index in [1.165, 1.54) is 11.0 Å². The van der Waals surface area contributed by atoms with Crippen LogP contribution in [0, 0.1) is 17.6 Å². The third-order valence-corrected chi connectivity index (χ3v) is 3.46. The van der Waals surface area contributed by atoms with Crippen LogP contribution in [0.2, 0.25) is 0 Å². The summed E-state index contributed by atoms with van der Waals surface area (Å²) in [6.45, 7) is 0.685. The lowest BCUT2D eigenvalue weighted by atomic mass is 9.97. The van der Waals surface area contributed by atoms with Gasteiger partial charge in [-0.05, 0) is 30.5 Å². The lowest BCUT2D eigenvalue weighted by Crippen LogP contribution is -2.43. The fourth-order valence-electron chi connectivity index (χ4n) is 2.34. The lowest BCUT2D eigenvalue weighted by molar-refractivity contribution is -0.145. The van der Waals surface area contributed by atoms with Crippen molar-refractivity contribution in [3.8, 4) is 0 Å². The number of halogens is 2. The molecular weight excluding hydrogens is 268 g/mol. The van der Waals surface area contributed by atoms with Crippen LogP contribution in [0.4, 0.5) is 8.78 Å². The molecule has 0 radical (unpaired) electrons. The van der Waals surface area contributed by atoms with Gasteiger partial charge in [0.1, 0.15) is 0 Å². The van der Waals surface area contributed by atoms with Crippen molar-refractivity contribution in [2.24, 2.45) is 5.92 Å². The maximum absolute atomic E-state index is 13.1. The molecule has 0 saturated carbocycles. The SMILES string of the molecule is O=C(O)C1CCCN(C(=O)Cc2ccc(F)c(F)c2)C1. The van der Waals surface area contributed by atoms with Crippen molar-refractivity contribution in [2.45, 2.75) is 19.3 Å². The third kappa shape index (κ3) is 3.31. The van der Waals surface area contributed by atoms with Gasteiger partial charge in [0.2, 0.25) is 5.91 Å². The molecule has 1 aromatic rings. The molecule has 1 saturated heterocycles. The van der Waals surface area contributed by atoms with Crippen molar-refractivity contribution in [3.63, 3.8) is 0 Å². The van der Waals surface area contributed by atoms with Gasteiger partial charge >= 0.3 is 5.97 Å². The first-order chi connectivity index (χ1) is 9.47. The number of benzene rings is 1. The highest BCUT2D eigenvalue weighted by atomic mass is 19.2. The third-order valence-electron chi connectivity index (χ3n) is 3.46. The Balaban J connectivity index is 2.00. The van der Waals surface area contributed by atoms with Gasteiger partial charge in [0.05, 0.1) is 12.3 Å². The highest BCUT2D eigenvalue weighted by molar-refractivity contribution is 5.80. The average molecular weight is 283 g/mol. The molecule has 108 valence electrons. The zero-order chi connectivity index (χ0) is 14.7. The van der Waals surface area contributed by atoms with Crippen LogP contribution in [0.15, 0.2) is 18.2 Å². The van der Waals surface area contributed by atoms with Gasteiger partial charge in [-0.25, -0.2) is 8.78 Å². The normalized spacial score (nSPS) is 18.9. The second-order valence-electron chi connectivity index (χ2n) is 4.94. The van der Waals surface area contributed by atoms with Crippen molar-refractivity contribution >= 4 is 11.9 Å². The number of rotatable bonds is 3. The number of carbonyl (C=O) groups is 2. The minimum Gasteiger partial charge on any atom is -0.481 e. The van der Waals surface area contributed by atoms with E-state index in [4.69, 9.17) is 5.11 Å². The molecule has 20 heavy (non-hydrogen) atoms. The summed E-state index contributed by atoms with van der Waals surface area (Å²) in [5, 5.41) is 8.97. The maximum atomic E-state index is 13.1. The highest BCUT2D eigenvalue weighted by Crippen LogP contribution is 2.18. The molecule has 6 heteroatoms. The van der Waals surface area contributed by atoms with E-state index >= 15 is 0 Å². The summed E-state index contributed by atoms with van der Waals surface area (Å²) in [5.74, 6) is -3.66. The number of carboxylic acid groups (broad SMARTS) is 1. The molecule has 2 rings (SSSR count). The van der Waals surface area contributed by atoms with E-state index in [1.54, 1.807) is 0 Å². The molecule has 0 spiro atoms. The van der Waals surface area contributed by atoms with Crippen molar-refractivity contribution in [1.29, 1.82) is 0 Å². The molecule has 4 nitrogen and oxygen atoms in total. The van der Waals surface area contributed by atoms with E-state index in [0.717, 1.165) is 12.1 Å². The molecule has 0 bridgehead atoms. The number of amides is 1. The monoisotopic (exact) mass is 283 g/mol. The second-order valence-corrected chi connectivity index (χ2v) is 4.94. The molecular formula is C14H15F2NO3. The van der Waals surface area contributed by atoms with E-state index in [2.05, 4.69) is 0 Å². The van der Waals surface area contributed by atoms with Crippen LogP contribution in [0.3, 0.4) is 0 Å². The topological polar surface area (TPSA) is 57.6 Å². The van der Waals surface area contributed by atoms with Crippen LogP contribution < -0.4 is 0 Å². The van der Waals surface area contributed by atoms with Crippen LogP contribution >= 0.6 is 0 Å². The van der Waals surface area contributed by atoms with Gasteiger partial charge in [-0.15, -0.1) is 0 Å². The summed E-state index contributed by atoms with van der Waals surface area (Å²) in [5.41, 5.74) is 0.381. The van der Waals surface area contributed by atoms with Crippen molar-refractivity contribution in [2.75, 3.05) is 13.1 Å². The molecule has 1 aromatic carbocycles. The number of nitrogens with zero attached hydrogens (tertiary/aromatic N) is 1. The summed E-state index contributed by atoms with van der Waals surface area (Å²) in [6, 6.07) is 3.33. The minimum absolute atomic E-state index is 0.0520. The van der Waals surface area contributed by atoms with Crippen LogP contribution in [-0.4, -0.2) is 35.0 Å². The first kappa shape index (κ1) is 14.4. The Morgan fingerprint density at radius 3 is 2.70 bits per heavy atom. The van der Waals surface area contributed by atoms with Crippen LogP contribution in [0.25, 0.3) is 0 Å². The van der Waals surface area contributed by atoms with Crippen molar-refractivity contribution in [3.05, 3.63) is 35.4 Å². The molecule has 0 aliphatic carbocycles. The molecule has 1 amide bonds. The van der Waals surface area contributed by atoms with E-state index in [-0.39, 0.29) is 18.9 Å². The number of carbonyl (C=O) groups excluding carboxylic acids is 1. The Hall–Kier alpha value is -1.98. The van der Waals surface area contributed by atoms with Crippen LogP contribution in [0.1, 0.15) is 18.4 Å². The van der Waals surface area contributed by atoms with Gasteiger partial charge < -0.3 is 10.0 Å². The number of aliphatic carboxylic acids is 1. The Bertz CT molecular complexity index is 533. The van der Waals surface area contributed by atoms with Gasteiger partial charge in [-0.1, -0.05) is 6.07 Å². The smallest absolute Gasteiger partial charge is 0.308 e.